The Hall–Kier alpha value is -1.43. The number of imidazole rings is 1. The molecule has 5 nitrogen and oxygen atoms in total. The summed E-state index contributed by atoms with van der Waals surface area (Å²) >= 11 is 3.26. The summed E-state index contributed by atoms with van der Waals surface area (Å²) in [5.41, 5.74) is 1.50. The van der Waals surface area contributed by atoms with Crippen molar-refractivity contribution in [1.29, 1.82) is 0 Å². The van der Waals surface area contributed by atoms with Crippen LogP contribution < -0.4 is 0 Å². The summed E-state index contributed by atoms with van der Waals surface area (Å²) in [4.78, 5) is 17.2. The van der Waals surface area contributed by atoms with E-state index in [1.807, 2.05) is 0 Å². The number of nitro benzene ring substituents is 1. The Morgan fingerprint density at radius 3 is 3.00 bits per heavy atom. The van der Waals surface area contributed by atoms with Crippen LogP contribution >= 0.6 is 15.9 Å². The first-order chi connectivity index (χ1) is 6.70. The van der Waals surface area contributed by atoms with Gasteiger partial charge in [0, 0.05) is 12.1 Å². The molecule has 1 aromatic carbocycles. The van der Waals surface area contributed by atoms with Gasteiger partial charge in [0.15, 0.2) is 0 Å². The summed E-state index contributed by atoms with van der Waals surface area (Å²) in [6, 6.07) is 4.56. The van der Waals surface area contributed by atoms with Gasteiger partial charge >= 0.3 is 0 Å². The minimum absolute atomic E-state index is 0.0715. The summed E-state index contributed by atoms with van der Waals surface area (Å²) in [6.07, 6.45) is 0. The van der Waals surface area contributed by atoms with E-state index < -0.39 is 4.92 Å². The molecule has 0 aliphatic heterocycles. The van der Waals surface area contributed by atoms with Gasteiger partial charge in [-0.1, -0.05) is 15.9 Å². The minimum Gasteiger partial charge on any atom is -0.341 e. The van der Waals surface area contributed by atoms with E-state index in [0.29, 0.717) is 10.8 Å². The van der Waals surface area contributed by atoms with Gasteiger partial charge in [0.1, 0.15) is 5.82 Å². The average molecular weight is 256 g/mol. The second-order valence-electron chi connectivity index (χ2n) is 2.78. The Kier molecular flexibility index (Phi) is 2.20. The normalized spacial score (nSPS) is 10.6. The van der Waals surface area contributed by atoms with Crippen LogP contribution in [0, 0.1) is 10.1 Å². The van der Waals surface area contributed by atoms with Crippen molar-refractivity contribution in [3.05, 3.63) is 34.1 Å². The summed E-state index contributed by atoms with van der Waals surface area (Å²) in [7, 11) is 0. The fourth-order valence-corrected chi connectivity index (χ4v) is 1.49. The highest BCUT2D eigenvalue weighted by Crippen LogP contribution is 2.19. The quantitative estimate of drug-likeness (QED) is 0.509. The molecule has 6 heteroatoms. The van der Waals surface area contributed by atoms with E-state index in [1.54, 1.807) is 6.07 Å². The molecule has 1 heterocycles. The molecule has 0 aliphatic carbocycles. The van der Waals surface area contributed by atoms with Crippen molar-refractivity contribution in [2.24, 2.45) is 0 Å². The molecule has 1 aromatic heterocycles. The fraction of sp³-hybridized carbons (Fsp3) is 0.125. The number of nitro groups is 1. The summed E-state index contributed by atoms with van der Waals surface area (Å²) < 4.78 is 0. The molecule has 0 fully saturated rings. The van der Waals surface area contributed by atoms with Crippen LogP contribution in [0.2, 0.25) is 0 Å². The summed E-state index contributed by atoms with van der Waals surface area (Å²) in [5.74, 6) is 0.764. The smallest absolute Gasteiger partial charge is 0.271 e. The highest BCUT2D eigenvalue weighted by Gasteiger charge is 2.08. The first kappa shape index (κ1) is 9.14. The lowest BCUT2D eigenvalue weighted by Crippen LogP contribution is -1.86. The van der Waals surface area contributed by atoms with Crippen molar-refractivity contribution in [2.45, 2.75) is 5.33 Å². The molecule has 0 atom stereocenters. The van der Waals surface area contributed by atoms with Gasteiger partial charge in [-0.25, -0.2) is 4.98 Å². The van der Waals surface area contributed by atoms with Gasteiger partial charge in [-0.15, -0.1) is 0 Å². The Bertz CT molecular complexity index is 494. The van der Waals surface area contributed by atoms with E-state index in [9.17, 15) is 10.1 Å². The molecule has 0 bridgehead atoms. The Morgan fingerprint density at radius 2 is 2.36 bits per heavy atom. The maximum Gasteiger partial charge on any atom is 0.271 e. The van der Waals surface area contributed by atoms with E-state index in [-0.39, 0.29) is 5.69 Å². The number of hydrogen-bond donors (Lipinski definition) is 1. The third-order valence-corrected chi connectivity index (χ3v) is 2.38. The van der Waals surface area contributed by atoms with Crippen LogP contribution in [0.4, 0.5) is 5.69 Å². The van der Waals surface area contributed by atoms with Crippen LogP contribution in [0.15, 0.2) is 18.2 Å². The van der Waals surface area contributed by atoms with Crippen molar-refractivity contribution in [1.82, 2.24) is 9.97 Å². The third kappa shape index (κ3) is 1.48. The maximum atomic E-state index is 10.5. The largest absolute Gasteiger partial charge is 0.341 e. The van der Waals surface area contributed by atoms with Crippen molar-refractivity contribution >= 4 is 32.7 Å². The Balaban J connectivity index is 2.59. The highest BCUT2D eigenvalue weighted by molar-refractivity contribution is 9.08. The van der Waals surface area contributed by atoms with Crippen molar-refractivity contribution in [3.8, 4) is 0 Å². The van der Waals surface area contributed by atoms with E-state index in [2.05, 4.69) is 25.9 Å². The van der Waals surface area contributed by atoms with Gasteiger partial charge < -0.3 is 4.98 Å². The van der Waals surface area contributed by atoms with Gasteiger partial charge in [0.05, 0.1) is 21.3 Å². The van der Waals surface area contributed by atoms with Crippen molar-refractivity contribution in [2.75, 3.05) is 0 Å². The third-order valence-electron chi connectivity index (χ3n) is 1.85. The molecule has 2 aromatic rings. The van der Waals surface area contributed by atoms with Crippen LogP contribution in [0.25, 0.3) is 11.0 Å². The lowest BCUT2D eigenvalue weighted by Gasteiger charge is -1.89. The van der Waals surface area contributed by atoms with Crippen LogP contribution in [0.3, 0.4) is 0 Å². The number of nitrogens with zero attached hydrogens (tertiary/aromatic N) is 2. The number of aromatic nitrogens is 2. The first-order valence-electron chi connectivity index (χ1n) is 3.89. The number of benzene rings is 1. The first-order valence-corrected chi connectivity index (χ1v) is 5.02. The van der Waals surface area contributed by atoms with Crippen molar-refractivity contribution in [3.63, 3.8) is 0 Å². The van der Waals surface area contributed by atoms with Crippen LogP contribution in [0.5, 0.6) is 0 Å². The van der Waals surface area contributed by atoms with E-state index in [4.69, 9.17) is 0 Å². The monoisotopic (exact) mass is 255 g/mol. The molecule has 1 N–H and O–H groups in total. The zero-order valence-corrected chi connectivity index (χ0v) is 8.61. The van der Waals surface area contributed by atoms with Gasteiger partial charge in [0.25, 0.3) is 5.69 Å². The summed E-state index contributed by atoms with van der Waals surface area (Å²) in [5, 5.41) is 11.1. The molecule has 0 saturated carbocycles. The molecule has 0 saturated heterocycles. The number of fused-ring (bicyclic) bond motifs is 1. The van der Waals surface area contributed by atoms with Crippen LogP contribution in [-0.4, -0.2) is 14.9 Å². The molecule has 0 amide bonds. The van der Waals surface area contributed by atoms with Crippen molar-refractivity contribution < 1.29 is 4.92 Å². The zero-order valence-electron chi connectivity index (χ0n) is 7.03. The number of nitrogens with one attached hydrogen (secondary N) is 1. The number of halogens is 1. The number of alkyl halides is 1. The lowest BCUT2D eigenvalue weighted by atomic mass is 10.3. The van der Waals surface area contributed by atoms with Gasteiger partial charge in [0.2, 0.25) is 0 Å². The number of aromatic amines is 1. The second kappa shape index (κ2) is 3.38. The standard InChI is InChI=1S/C8H6BrN3O2/c9-4-8-10-6-2-1-5(12(13)14)3-7(6)11-8/h1-3H,4H2,(H,10,11). The Morgan fingerprint density at radius 1 is 1.57 bits per heavy atom. The number of H-pyrrole nitrogens is 1. The number of rotatable bonds is 2. The zero-order chi connectivity index (χ0) is 10.1. The van der Waals surface area contributed by atoms with Gasteiger partial charge in [-0.3, -0.25) is 10.1 Å². The molecule has 14 heavy (non-hydrogen) atoms. The molecule has 0 aliphatic rings. The molecule has 72 valence electrons. The number of hydrogen-bond acceptors (Lipinski definition) is 3. The van der Waals surface area contributed by atoms with E-state index in [0.717, 1.165) is 11.3 Å². The topological polar surface area (TPSA) is 71.8 Å². The van der Waals surface area contributed by atoms with Crippen LogP contribution in [0.1, 0.15) is 5.82 Å². The fourth-order valence-electron chi connectivity index (χ4n) is 1.23. The molecule has 0 spiro atoms. The molecule has 0 unspecified atom stereocenters. The van der Waals surface area contributed by atoms with Gasteiger partial charge in [-0.2, -0.15) is 0 Å². The highest BCUT2D eigenvalue weighted by atomic mass is 79.9. The second-order valence-corrected chi connectivity index (χ2v) is 3.34. The van der Waals surface area contributed by atoms with Crippen LogP contribution in [-0.2, 0) is 5.33 Å². The minimum atomic E-state index is -0.423. The average Bonchev–Trinajstić information content (AvgIpc) is 2.58. The van der Waals surface area contributed by atoms with E-state index >= 15 is 0 Å². The molecular weight excluding hydrogens is 250 g/mol. The Labute approximate surface area is 87.4 Å². The SMILES string of the molecule is O=[N+]([O-])c1ccc2nc(CBr)[nH]c2c1. The number of non-ortho nitro benzene ring substituents is 1. The van der Waals surface area contributed by atoms with Gasteiger partial charge in [-0.05, 0) is 6.07 Å². The predicted molar refractivity (Wildman–Crippen MR) is 55.4 cm³/mol. The summed E-state index contributed by atoms with van der Waals surface area (Å²) in [6.45, 7) is 0. The predicted octanol–water partition coefficient (Wildman–Crippen LogP) is 2.37. The molecular formula is C8H6BrN3O2. The maximum absolute atomic E-state index is 10.5. The molecule has 2 rings (SSSR count). The molecule has 0 radical (unpaired) electrons. The lowest BCUT2D eigenvalue weighted by molar-refractivity contribution is -0.384. The van der Waals surface area contributed by atoms with E-state index in [1.165, 1.54) is 12.1 Å².